The Kier molecular flexibility index (Phi) is 5.60. The van der Waals surface area contributed by atoms with Gasteiger partial charge in [-0.1, -0.05) is 6.07 Å². The molecular weight excluding hydrogens is 450 g/mol. The highest BCUT2D eigenvalue weighted by atomic mass is 32.1. The molecule has 5 aromatic heterocycles. The van der Waals surface area contributed by atoms with Gasteiger partial charge in [0.15, 0.2) is 11.5 Å². The molecule has 0 radical (unpaired) electrons. The maximum Gasteiger partial charge on any atom is 0.242 e. The maximum atomic E-state index is 10.2. The van der Waals surface area contributed by atoms with Crippen LogP contribution in [0, 0.1) is 6.92 Å². The Bertz CT molecular complexity index is 1480. The molecule has 0 spiro atoms. The molecule has 5 rings (SSSR count). The molecule has 170 valence electrons. The van der Waals surface area contributed by atoms with E-state index in [1.165, 1.54) is 11.3 Å². The van der Waals surface area contributed by atoms with Crippen LogP contribution in [0.4, 0.5) is 11.5 Å². The van der Waals surface area contributed by atoms with E-state index in [0.717, 1.165) is 16.1 Å². The summed E-state index contributed by atoms with van der Waals surface area (Å²) in [5.74, 6) is 1.96. The lowest BCUT2D eigenvalue weighted by atomic mass is 10.0. The smallest absolute Gasteiger partial charge is 0.242 e. The third kappa shape index (κ3) is 4.68. The summed E-state index contributed by atoms with van der Waals surface area (Å²) in [6, 6.07) is 12.8. The summed E-state index contributed by atoms with van der Waals surface area (Å²) in [6.07, 6.45) is 3.28. The van der Waals surface area contributed by atoms with Crippen LogP contribution in [0.3, 0.4) is 0 Å². The summed E-state index contributed by atoms with van der Waals surface area (Å²) in [6.45, 7) is 5.30. The molecule has 5 heterocycles. The van der Waals surface area contributed by atoms with Gasteiger partial charge in [0.25, 0.3) is 0 Å². The van der Waals surface area contributed by atoms with Crippen LogP contribution in [0.25, 0.3) is 21.9 Å². The third-order valence-electron chi connectivity index (χ3n) is 4.88. The first kappa shape index (κ1) is 21.8. The topological polar surface area (TPSA) is 119 Å². The summed E-state index contributed by atoms with van der Waals surface area (Å²) in [5, 5.41) is 13.5. The van der Waals surface area contributed by atoms with E-state index in [2.05, 4.69) is 35.2 Å². The molecule has 0 aliphatic rings. The van der Waals surface area contributed by atoms with Gasteiger partial charge in [0.2, 0.25) is 5.88 Å². The highest BCUT2D eigenvalue weighted by Gasteiger charge is 2.18. The molecule has 0 aliphatic heterocycles. The minimum absolute atomic E-state index is 0.399. The highest BCUT2D eigenvalue weighted by Crippen LogP contribution is 2.33. The van der Waals surface area contributed by atoms with Gasteiger partial charge in [-0.25, -0.2) is 19.9 Å². The lowest BCUT2D eigenvalue weighted by Gasteiger charge is -2.17. The van der Waals surface area contributed by atoms with Crippen molar-refractivity contribution in [2.45, 2.75) is 26.4 Å². The molecule has 0 bridgehead atoms. The van der Waals surface area contributed by atoms with E-state index in [9.17, 15) is 5.11 Å². The molecule has 0 aromatic carbocycles. The fraction of sp³-hybridized carbons (Fsp3) is 0.167. The number of aliphatic hydroxyl groups is 1. The van der Waals surface area contributed by atoms with Gasteiger partial charge in [0, 0.05) is 29.8 Å². The second-order valence-electron chi connectivity index (χ2n) is 8.11. The van der Waals surface area contributed by atoms with Gasteiger partial charge in [-0.2, -0.15) is 4.98 Å². The van der Waals surface area contributed by atoms with Crippen LogP contribution in [-0.2, 0) is 5.60 Å². The van der Waals surface area contributed by atoms with E-state index in [-0.39, 0.29) is 0 Å². The molecule has 0 atom stereocenters. The fourth-order valence-electron chi connectivity index (χ4n) is 3.23. The second kappa shape index (κ2) is 8.73. The van der Waals surface area contributed by atoms with E-state index in [1.54, 1.807) is 56.0 Å². The SMILES string of the molecule is Cc1cccc(-c2nc(Oc3ccnc(Nc4ccnc(C(C)(C)O)c4)c3)c3scnc3n2)n1. The number of nitrogens with zero attached hydrogens (tertiary/aromatic N) is 6. The second-order valence-corrected chi connectivity index (χ2v) is 8.97. The van der Waals surface area contributed by atoms with E-state index >= 15 is 0 Å². The molecule has 0 unspecified atom stereocenters. The molecular formula is C24H21N7O2S. The summed E-state index contributed by atoms with van der Waals surface area (Å²) in [4.78, 5) is 26.6. The van der Waals surface area contributed by atoms with Crippen molar-refractivity contribution in [1.82, 2.24) is 29.9 Å². The van der Waals surface area contributed by atoms with Crippen LogP contribution in [0.1, 0.15) is 25.2 Å². The molecule has 5 aromatic rings. The van der Waals surface area contributed by atoms with Crippen molar-refractivity contribution in [2.75, 3.05) is 5.32 Å². The van der Waals surface area contributed by atoms with Crippen molar-refractivity contribution in [3.63, 3.8) is 0 Å². The number of nitrogens with one attached hydrogen (secondary N) is 1. The van der Waals surface area contributed by atoms with Crippen LogP contribution in [-0.4, -0.2) is 35.0 Å². The average Bonchev–Trinajstić information content (AvgIpc) is 3.28. The maximum absolute atomic E-state index is 10.2. The van der Waals surface area contributed by atoms with Gasteiger partial charge in [0.1, 0.15) is 27.6 Å². The lowest BCUT2D eigenvalue weighted by molar-refractivity contribution is 0.0739. The van der Waals surface area contributed by atoms with Gasteiger partial charge < -0.3 is 15.2 Å². The minimum atomic E-state index is -1.05. The summed E-state index contributed by atoms with van der Waals surface area (Å²) in [5.41, 5.74) is 4.03. The standard InChI is InChI=1S/C24H21N7O2S/c1-14-5-4-6-17(28-14)21-30-22-20(34-13-27-22)23(31-21)33-16-8-10-26-19(12-16)29-15-7-9-25-18(11-15)24(2,3)32/h4-13,32H,1-3H3,(H,25,26,29). The summed E-state index contributed by atoms with van der Waals surface area (Å²) in [7, 11) is 0. The number of hydrogen-bond acceptors (Lipinski definition) is 10. The highest BCUT2D eigenvalue weighted by molar-refractivity contribution is 7.17. The van der Waals surface area contributed by atoms with Gasteiger partial charge >= 0.3 is 0 Å². The average molecular weight is 472 g/mol. The first-order valence-corrected chi connectivity index (χ1v) is 11.4. The van der Waals surface area contributed by atoms with Crippen molar-refractivity contribution in [3.05, 3.63) is 71.8 Å². The number of aromatic nitrogens is 6. The normalized spacial score (nSPS) is 11.5. The first-order valence-electron chi connectivity index (χ1n) is 10.5. The Morgan fingerprint density at radius 3 is 2.65 bits per heavy atom. The number of aryl methyl sites for hydroxylation is 1. The Morgan fingerprint density at radius 2 is 1.82 bits per heavy atom. The van der Waals surface area contributed by atoms with Crippen LogP contribution >= 0.6 is 11.3 Å². The number of pyridine rings is 3. The van der Waals surface area contributed by atoms with Crippen molar-refractivity contribution in [2.24, 2.45) is 0 Å². The number of hydrogen-bond donors (Lipinski definition) is 2. The molecule has 9 nitrogen and oxygen atoms in total. The molecule has 0 aliphatic carbocycles. The number of ether oxygens (including phenoxy) is 1. The largest absolute Gasteiger partial charge is 0.437 e. The Balaban J connectivity index is 1.45. The van der Waals surface area contributed by atoms with Crippen LogP contribution in [0.2, 0.25) is 0 Å². The fourth-order valence-corrected chi connectivity index (χ4v) is 3.88. The predicted molar refractivity (Wildman–Crippen MR) is 130 cm³/mol. The van der Waals surface area contributed by atoms with E-state index < -0.39 is 5.60 Å². The zero-order valence-corrected chi connectivity index (χ0v) is 19.5. The molecule has 34 heavy (non-hydrogen) atoms. The zero-order valence-electron chi connectivity index (χ0n) is 18.7. The van der Waals surface area contributed by atoms with Gasteiger partial charge in [-0.05, 0) is 51.1 Å². The first-order chi connectivity index (χ1) is 16.3. The van der Waals surface area contributed by atoms with E-state index in [4.69, 9.17) is 4.74 Å². The van der Waals surface area contributed by atoms with Crippen molar-refractivity contribution >= 4 is 33.2 Å². The van der Waals surface area contributed by atoms with Crippen LogP contribution in [0.15, 0.2) is 60.4 Å². The van der Waals surface area contributed by atoms with Gasteiger partial charge in [-0.15, -0.1) is 11.3 Å². The van der Waals surface area contributed by atoms with Gasteiger partial charge in [0.05, 0.1) is 11.2 Å². The Morgan fingerprint density at radius 1 is 0.971 bits per heavy atom. The number of anilines is 2. The molecule has 10 heteroatoms. The third-order valence-corrected chi connectivity index (χ3v) is 5.69. The molecule has 0 saturated heterocycles. The predicted octanol–water partition coefficient (Wildman–Crippen LogP) is 5.01. The van der Waals surface area contributed by atoms with Crippen molar-refractivity contribution in [3.8, 4) is 23.1 Å². The monoisotopic (exact) mass is 471 g/mol. The molecule has 0 saturated carbocycles. The molecule has 2 N–H and O–H groups in total. The zero-order chi connectivity index (χ0) is 23.7. The van der Waals surface area contributed by atoms with E-state index in [0.29, 0.717) is 40.3 Å². The summed E-state index contributed by atoms with van der Waals surface area (Å²) < 4.78 is 6.90. The summed E-state index contributed by atoms with van der Waals surface area (Å²) >= 11 is 1.41. The quantitative estimate of drug-likeness (QED) is 0.352. The van der Waals surface area contributed by atoms with Crippen LogP contribution < -0.4 is 10.1 Å². The number of rotatable bonds is 6. The van der Waals surface area contributed by atoms with Crippen molar-refractivity contribution < 1.29 is 9.84 Å². The Hall–Kier alpha value is -4.02. The van der Waals surface area contributed by atoms with Gasteiger partial charge in [-0.3, -0.25) is 4.98 Å². The van der Waals surface area contributed by atoms with Crippen LogP contribution in [0.5, 0.6) is 11.6 Å². The number of fused-ring (bicyclic) bond motifs is 1. The molecule has 0 fully saturated rings. The van der Waals surface area contributed by atoms with Crippen molar-refractivity contribution in [1.29, 1.82) is 0 Å². The van der Waals surface area contributed by atoms with E-state index in [1.807, 2.05) is 25.1 Å². The number of thiazole rings is 1. The minimum Gasteiger partial charge on any atom is -0.437 e. The molecule has 0 amide bonds. The lowest BCUT2D eigenvalue weighted by Crippen LogP contribution is -2.17. The Labute approximate surface area is 199 Å².